The summed E-state index contributed by atoms with van der Waals surface area (Å²) in [6, 6.07) is 10.0. The third-order valence-corrected chi connectivity index (χ3v) is 6.40. The lowest BCUT2D eigenvalue weighted by Gasteiger charge is -2.30. The summed E-state index contributed by atoms with van der Waals surface area (Å²) in [5.74, 6) is 1.02. The van der Waals surface area contributed by atoms with Crippen molar-refractivity contribution in [3.8, 4) is 11.3 Å². The number of amides is 1. The number of anilines is 1. The van der Waals surface area contributed by atoms with Gasteiger partial charge in [-0.1, -0.05) is 18.2 Å². The molecule has 33 heavy (non-hydrogen) atoms. The van der Waals surface area contributed by atoms with Gasteiger partial charge in [-0.15, -0.1) is 0 Å². The second-order valence-corrected chi connectivity index (χ2v) is 8.58. The maximum absolute atomic E-state index is 12.4. The highest BCUT2D eigenvalue weighted by molar-refractivity contribution is 6.07. The van der Waals surface area contributed by atoms with Crippen LogP contribution in [-0.4, -0.2) is 62.4 Å². The molecule has 4 aromatic rings. The van der Waals surface area contributed by atoms with E-state index >= 15 is 0 Å². The summed E-state index contributed by atoms with van der Waals surface area (Å²) in [5, 5.41) is 13.4. The standard InChI is InChI=1S/C24H28N6O3/c1-25-23-20-21(29(2)14-26-20)18-11-19(27-22(18)28-23)17-5-3-4-16(10-17)13-33-24(32)30-8-6-15(12-31)7-9-30/h3-5,10-11,14-15,31H,6-9,12-13H2,1-2H3,(H2,25,27,28). The number of aromatic nitrogens is 4. The molecule has 0 saturated carbocycles. The topological polar surface area (TPSA) is 108 Å². The molecule has 1 aliphatic heterocycles. The predicted molar refractivity (Wildman–Crippen MR) is 127 cm³/mol. The highest BCUT2D eigenvalue weighted by Crippen LogP contribution is 2.32. The first-order chi connectivity index (χ1) is 16.1. The number of nitrogens with zero attached hydrogens (tertiary/aromatic N) is 4. The van der Waals surface area contributed by atoms with Crippen LogP contribution in [0, 0.1) is 5.92 Å². The van der Waals surface area contributed by atoms with Gasteiger partial charge in [-0.2, -0.15) is 0 Å². The highest BCUT2D eigenvalue weighted by atomic mass is 16.6. The number of likely N-dealkylation sites (tertiary alicyclic amines) is 1. The van der Waals surface area contributed by atoms with E-state index < -0.39 is 0 Å². The van der Waals surface area contributed by atoms with Gasteiger partial charge in [0.05, 0.1) is 11.8 Å². The molecule has 0 atom stereocenters. The lowest BCUT2D eigenvalue weighted by Crippen LogP contribution is -2.39. The fourth-order valence-electron chi connectivity index (χ4n) is 4.49. The van der Waals surface area contributed by atoms with Crippen LogP contribution in [0.1, 0.15) is 18.4 Å². The van der Waals surface area contributed by atoms with E-state index in [0.717, 1.165) is 57.5 Å². The van der Waals surface area contributed by atoms with Gasteiger partial charge in [-0.05, 0) is 42.0 Å². The second-order valence-electron chi connectivity index (χ2n) is 8.58. The molecule has 1 saturated heterocycles. The van der Waals surface area contributed by atoms with E-state index in [0.29, 0.717) is 13.1 Å². The summed E-state index contributed by atoms with van der Waals surface area (Å²) in [7, 11) is 3.81. The van der Waals surface area contributed by atoms with E-state index in [4.69, 9.17) is 9.72 Å². The van der Waals surface area contributed by atoms with Crippen LogP contribution in [0.3, 0.4) is 0 Å². The number of hydrogen-bond donors (Lipinski definition) is 3. The molecule has 1 aromatic carbocycles. The SMILES string of the molecule is CNc1nc2[nH]c(-c3cccc(COC(=O)N4CCC(CO)CC4)c3)cc2c2c1ncn2C. The number of carbonyl (C=O) groups is 1. The van der Waals surface area contributed by atoms with Crippen molar-refractivity contribution in [3.63, 3.8) is 0 Å². The fourth-order valence-corrected chi connectivity index (χ4v) is 4.49. The Morgan fingerprint density at radius 3 is 2.88 bits per heavy atom. The van der Waals surface area contributed by atoms with Crippen molar-refractivity contribution in [2.45, 2.75) is 19.4 Å². The highest BCUT2D eigenvalue weighted by Gasteiger charge is 2.23. The summed E-state index contributed by atoms with van der Waals surface area (Å²) in [6.07, 6.45) is 3.12. The van der Waals surface area contributed by atoms with E-state index in [9.17, 15) is 9.90 Å². The van der Waals surface area contributed by atoms with Crippen LogP contribution >= 0.6 is 0 Å². The predicted octanol–water partition coefficient (Wildman–Crippen LogP) is 3.50. The number of imidazole rings is 1. The minimum absolute atomic E-state index is 0.182. The van der Waals surface area contributed by atoms with E-state index in [1.165, 1.54) is 0 Å². The van der Waals surface area contributed by atoms with Crippen molar-refractivity contribution in [2.24, 2.45) is 13.0 Å². The van der Waals surface area contributed by atoms with Crippen LogP contribution in [0.25, 0.3) is 33.3 Å². The quantitative estimate of drug-likeness (QED) is 0.431. The summed E-state index contributed by atoms with van der Waals surface area (Å²) in [5.41, 5.74) is 5.48. The maximum atomic E-state index is 12.4. The number of H-pyrrole nitrogens is 1. The Morgan fingerprint density at radius 1 is 1.30 bits per heavy atom. The van der Waals surface area contributed by atoms with E-state index in [-0.39, 0.29) is 25.2 Å². The van der Waals surface area contributed by atoms with Gasteiger partial charge in [0.2, 0.25) is 0 Å². The van der Waals surface area contributed by atoms with Crippen LogP contribution < -0.4 is 5.32 Å². The Bertz CT molecular complexity index is 1300. The average Bonchev–Trinajstić information content (AvgIpc) is 3.45. The normalized spacial score (nSPS) is 14.8. The number of aromatic amines is 1. The van der Waals surface area contributed by atoms with E-state index in [2.05, 4.69) is 21.4 Å². The van der Waals surface area contributed by atoms with E-state index in [1.54, 1.807) is 11.2 Å². The number of ether oxygens (including phenoxy) is 1. The largest absolute Gasteiger partial charge is 0.445 e. The molecule has 1 amide bonds. The Kier molecular flexibility index (Phi) is 5.63. The van der Waals surface area contributed by atoms with Gasteiger partial charge < -0.3 is 29.6 Å². The Hall–Kier alpha value is -3.59. The molecule has 172 valence electrons. The van der Waals surface area contributed by atoms with Crippen LogP contribution in [0.2, 0.25) is 0 Å². The first kappa shape index (κ1) is 21.3. The number of aliphatic hydroxyl groups excluding tert-OH is 1. The molecule has 9 nitrogen and oxygen atoms in total. The third kappa shape index (κ3) is 4.00. The average molecular weight is 449 g/mol. The lowest BCUT2D eigenvalue weighted by atomic mass is 9.98. The zero-order chi connectivity index (χ0) is 22.9. The number of fused-ring (bicyclic) bond motifs is 3. The van der Waals surface area contributed by atoms with Gasteiger partial charge in [0.15, 0.2) is 5.82 Å². The summed E-state index contributed by atoms with van der Waals surface area (Å²) < 4.78 is 7.56. The van der Waals surface area contributed by atoms with Gasteiger partial charge in [-0.3, -0.25) is 0 Å². The number of benzene rings is 1. The fraction of sp³-hybridized carbons (Fsp3) is 0.375. The molecular weight excluding hydrogens is 420 g/mol. The van der Waals surface area contributed by atoms with Crippen molar-refractivity contribution in [3.05, 3.63) is 42.2 Å². The van der Waals surface area contributed by atoms with Gasteiger partial charge >= 0.3 is 6.09 Å². The van der Waals surface area contributed by atoms with Gasteiger partial charge in [0.1, 0.15) is 17.8 Å². The molecule has 0 unspecified atom stereocenters. The Balaban J connectivity index is 1.35. The number of piperidine rings is 1. The number of hydrogen-bond acceptors (Lipinski definition) is 6. The Morgan fingerprint density at radius 2 is 2.12 bits per heavy atom. The summed E-state index contributed by atoms with van der Waals surface area (Å²) >= 11 is 0. The molecule has 4 heterocycles. The van der Waals surface area contributed by atoms with Gasteiger partial charge in [-0.25, -0.2) is 14.8 Å². The van der Waals surface area contributed by atoms with Crippen LogP contribution in [0.5, 0.6) is 0 Å². The molecule has 5 rings (SSSR count). The van der Waals surface area contributed by atoms with Crippen molar-refractivity contribution in [1.82, 2.24) is 24.4 Å². The van der Waals surface area contributed by atoms with Crippen LogP contribution in [0.15, 0.2) is 36.7 Å². The zero-order valence-electron chi connectivity index (χ0n) is 18.8. The number of aryl methyl sites for hydroxylation is 1. The molecule has 0 radical (unpaired) electrons. The first-order valence-electron chi connectivity index (χ1n) is 11.2. The first-order valence-corrected chi connectivity index (χ1v) is 11.2. The van der Waals surface area contributed by atoms with Crippen molar-refractivity contribution in [1.29, 1.82) is 0 Å². The monoisotopic (exact) mass is 448 g/mol. The maximum Gasteiger partial charge on any atom is 0.410 e. The van der Waals surface area contributed by atoms with Crippen LogP contribution in [0.4, 0.5) is 10.6 Å². The molecule has 0 bridgehead atoms. The molecule has 0 spiro atoms. The smallest absolute Gasteiger partial charge is 0.410 e. The molecular formula is C24H28N6O3. The van der Waals surface area contributed by atoms with Crippen LogP contribution in [-0.2, 0) is 18.4 Å². The number of carbonyl (C=O) groups excluding carboxylic acids is 1. The van der Waals surface area contributed by atoms with E-state index in [1.807, 2.05) is 42.9 Å². The number of nitrogens with one attached hydrogen (secondary N) is 2. The molecule has 1 fully saturated rings. The van der Waals surface area contributed by atoms with Crippen molar-refractivity contribution < 1.29 is 14.6 Å². The number of aliphatic hydroxyl groups is 1. The van der Waals surface area contributed by atoms with Gasteiger partial charge in [0.25, 0.3) is 0 Å². The molecule has 0 aliphatic carbocycles. The molecule has 3 N–H and O–H groups in total. The molecule has 1 aliphatic rings. The number of rotatable bonds is 5. The summed E-state index contributed by atoms with van der Waals surface area (Å²) in [4.78, 5) is 26.8. The minimum atomic E-state index is -0.301. The molecule has 3 aromatic heterocycles. The van der Waals surface area contributed by atoms with Crippen molar-refractivity contribution >= 4 is 34.0 Å². The van der Waals surface area contributed by atoms with Crippen molar-refractivity contribution in [2.75, 3.05) is 32.1 Å². The zero-order valence-corrected chi connectivity index (χ0v) is 18.8. The third-order valence-electron chi connectivity index (χ3n) is 6.40. The van der Waals surface area contributed by atoms with Gasteiger partial charge in [0, 0.05) is 44.9 Å². The molecule has 9 heteroatoms. The Labute approximate surface area is 191 Å². The lowest BCUT2D eigenvalue weighted by molar-refractivity contribution is 0.0741. The minimum Gasteiger partial charge on any atom is -0.445 e. The summed E-state index contributed by atoms with van der Waals surface area (Å²) in [6.45, 7) is 1.65. The number of pyridine rings is 1. The second kappa shape index (κ2) is 8.74.